The summed E-state index contributed by atoms with van der Waals surface area (Å²) in [6, 6.07) is 8.48. The minimum absolute atomic E-state index is 0.0316. The van der Waals surface area contributed by atoms with Gasteiger partial charge in [0.2, 0.25) is 5.95 Å². The number of nitrogens with one attached hydrogen (secondary N) is 1. The van der Waals surface area contributed by atoms with Crippen molar-refractivity contribution in [1.29, 1.82) is 0 Å². The monoisotopic (exact) mass is 411 g/mol. The lowest BCUT2D eigenvalue weighted by Crippen LogP contribution is -2.39. The molecule has 1 fully saturated rings. The van der Waals surface area contributed by atoms with Gasteiger partial charge in [0.05, 0.1) is 12.3 Å². The van der Waals surface area contributed by atoms with Crippen molar-refractivity contribution < 1.29 is 5.11 Å². The van der Waals surface area contributed by atoms with Gasteiger partial charge in [-0.2, -0.15) is 0 Å². The number of fused-ring (bicyclic) bond motifs is 1. The van der Waals surface area contributed by atoms with E-state index in [1.807, 2.05) is 11.9 Å². The number of piperidine rings is 1. The second kappa shape index (κ2) is 9.18. The maximum absolute atomic E-state index is 12.7. The molecule has 0 amide bonds. The number of nitrogens with zero attached hydrogens (tertiary/aromatic N) is 4. The molecule has 1 aromatic carbocycles. The van der Waals surface area contributed by atoms with Crippen LogP contribution in [-0.4, -0.2) is 59.8 Å². The van der Waals surface area contributed by atoms with Gasteiger partial charge in [-0.15, -0.1) is 0 Å². The summed E-state index contributed by atoms with van der Waals surface area (Å²) >= 11 is 0. The highest BCUT2D eigenvalue weighted by atomic mass is 16.3. The highest BCUT2D eigenvalue weighted by molar-refractivity contribution is 5.46. The van der Waals surface area contributed by atoms with Gasteiger partial charge in [-0.1, -0.05) is 19.1 Å². The van der Waals surface area contributed by atoms with Crippen LogP contribution in [0.5, 0.6) is 0 Å². The lowest BCUT2D eigenvalue weighted by molar-refractivity contribution is 0.240. The Kier molecular flexibility index (Phi) is 6.39. The Balaban J connectivity index is 1.45. The van der Waals surface area contributed by atoms with Crippen molar-refractivity contribution in [1.82, 2.24) is 14.9 Å². The summed E-state index contributed by atoms with van der Waals surface area (Å²) in [6.07, 6.45) is 3.14. The van der Waals surface area contributed by atoms with Crippen molar-refractivity contribution in [3.05, 3.63) is 51.4 Å². The Bertz CT molecular complexity index is 911. The van der Waals surface area contributed by atoms with E-state index in [-0.39, 0.29) is 12.2 Å². The van der Waals surface area contributed by atoms with Crippen LogP contribution >= 0.6 is 0 Å². The van der Waals surface area contributed by atoms with E-state index in [1.54, 1.807) is 0 Å². The molecule has 1 atom stereocenters. The third-order valence-electron chi connectivity index (χ3n) is 6.32. The Morgan fingerprint density at radius 1 is 1.27 bits per heavy atom. The van der Waals surface area contributed by atoms with Gasteiger partial charge in [0.1, 0.15) is 0 Å². The second-order valence-corrected chi connectivity index (χ2v) is 8.78. The summed E-state index contributed by atoms with van der Waals surface area (Å²) in [5.74, 6) is 1.37. The molecule has 1 saturated heterocycles. The van der Waals surface area contributed by atoms with Crippen LogP contribution in [0.4, 0.5) is 11.6 Å². The molecular weight excluding hydrogens is 378 g/mol. The topological polar surface area (TPSA) is 75.7 Å². The highest BCUT2D eigenvalue weighted by Gasteiger charge is 2.24. The first-order valence-electron chi connectivity index (χ1n) is 11.0. The zero-order chi connectivity index (χ0) is 21.1. The minimum Gasteiger partial charge on any atom is -0.395 e. The van der Waals surface area contributed by atoms with Crippen molar-refractivity contribution in [2.75, 3.05) is 49.6 Å². The predicted molar refractivity (Wildman–Crippen MR) is 120 cm³/mol. The molecule has 2 N–H and O–H groups in total. The maximum atomic E-state index is 12.7. The van der Waals surface area contributed by atoms with Crippen LogP contribution in [-0.2, 0) is 19.5 Å². The summed E-state index contributed by atoms with van der Waals surface area (Å²) in [4.78, 5) is 27.2. The molecule has 0 saturated carbocycles. The maximum Gasteiger partial charge on any atom is 0.255 e. The van der Waals surface area contributed by atoms with Crippen LogP contribution in [0.15, 0.2) is 29.1 Å². The molecule has 4 rings (SSSR count). The Labute approximate surface area is 178 Å². The molecule has 2 aliphatic rings. The number of benzene rings is 1. The van der Waals surface area contributed by atoms with Crippen LogP contribution in [0.2, 0.25) is 0 Å². The molecule has 7 nitrogen and oxygen atoms in total. The first-order valence-corrected chi connectivity index (χ1v) is 11.0. The summed E-state index contributed by atoms with van der Waals surface area (Å²) in [5.41, 5.74) is 4.16. The molecule has 0 unspecified atom stereocenters. The van der Waals surface area contributed by atoms with Crippen molar-refractivity contribution in [2.45, 2.75) is 39.3 Å². The molecule has 0 spiro atoms. The summed E-state index contributed by atoms with van der Waals surface area (Å²) < 4.78 is 0. The molecule has 2 aromatic rings. The number of rotatable bonds is 6. The van der Waals surface area contributed by atoms with Crippen molar-refractivity contribution >= 4 is 11.6 Å². The quantitative estimate of drug-likeness (QED) is 0.757. The van der Waals surface area contributed by atoms with E-state index in [1.165, 1.54) is 12.0 Å². The minimum atomic E-state index is 0.0316. The number of aliphatic hydroxyl groups excluding tert-OH is 1. The van der Waals surface area contributed by atoms with Gasteiger partial charge in [0, 0.05) is 57.6 Å². The van der Waals surface area contributed by atoms with E-state index in [0.29, 0.717) is 19.0 Å². The van der Waals surface area contributed by atoms with Crippen LogP contribution in [0, 0.1) is 5.92 Å². The molecule has 7 heteroatoms. The molecule has 162 valence electrons. The van der Waals surface area contributed by atoms with Crippen molar-refractivity contribution in [3.8, 4) is 0 Å². The van der Waals surface area contributed by atoms with Gasteiger partial charge in [0.25, 0.3) is 5.56 Å². The lowest BCUT2D eigenvalue weighted by Gasteiger charge is -2.33. The number of hydrogen-bond acceptors (Lipinski definition) is 6. The SMILES string of the molecule is C[C@H]1CCCN(c2nc3c(c(=O)[nH]2)CCN(Cc2ccc(N(C)CCO)cc2)C3)C1. The zero-order valence-corrected chi connectivity index (χ0v) is 18.1. The van der Waals surface area contributed by atoms with Gasteiger partial charge in [-0.3, -0.25) is 14.7 Å². The van der Waals surface area contributed by atoms with Gasteiger partial charge < -0.3 is 14.9 Å². The molecular formula is C23H33N5O2. The first kappa shape index (κ1) is 20.9. The number of anilines is 2. The Morgan fingerprint density at radius 3 is 2.80 bits per heavy atom. The Morgan fingerprint density at radius 2 is 2.07 bits per heavy atom. The first-order chi connectivity index (χ1) is 14.5. The standard InChI is InChI=1S/C23H33N5O2/c1-17-4-3-10-28(14-17)23-24-21-16-27(11-9-20(21)22(30)25-23)15-18-5-7-19(8-6-18)26(2)12-13-29/h5-8,17,29H,3-4,9-16H2,1-2H3,(H,24,25,30)/t17-/m0/s1. The number of aliphatic hydroxyl groups is 1. The highest BCUT2D eigenvalue weighted by Crippen LogP contribution is 2.23. The molecule has 3 heterocycles. The van der Waals surface area contributed by atoms with Gasteiger partial charge in [-0.05, 0) is 42.9 Å². The molecule has 30 heavy (non-hydrogen) atoms. The van der Waals surface area contributed by atoms with E-state index in [4.69, 9.17) is 10.1 Å². The third kappa shape index (κ3) is 4.68. The largest absolute Gasteiger partial charge is 0.395 e. The number of H-pyrrole nitrogens is 1. The summed E-state index contributed by atoms with van der Waals surface area (Å²) in [5, 5.41) is 9.10. The fourth-order valence-corrected chi connectivity index (χ4v) is 4.54. The van der Waals surface area contributed by atoms with Crippen LogP contribution in [0.25, 0.3) is 0 Å². The normalized spacial score (nSPS) is 19.6. The van der Waals surface area contributed by atoms with E-state index in [9.17, 15) is 4.79 Å². The van der Waals surface area contributed by atoms with Crippen LogP contribution in [0.3, 0.4) is 0 Å². The fourth-order valence-electron chi connectivity index (χ4n) is 4.54. The smallest absolute Gasteiger partial charge is 0.255 e. The Hall–Kier alpha value is -2.38. The van der Waals surface area contributed by atoms with Gasteiger partial charge in [-0.25, -0.2) is 4.98 Å². The van der Waals surface area contributed by atoms with Gasteiger partial charge in [0.15, 0.2) is 0 Å². The van der Waals surface area contributed by atoms with E-state index in [0.717, 1.165) is 61.9 Å². The van der Waals surface area contributed by atoms with Crippen LogP contribution < -0.4 is 15.4 Å². The number of likely N-dealkylation sites (N-methyl/N-ethyl adjacent to an activating group) is 1. The number of aromatic nitrogens is 2. The fraction of sp³-hybridized carbons (Fsp3) is 0.565. The van der Waals surface area contributed by atoms with Crippen molar-refractivity contribution in [3.63, 3.8) is 0 Å². The van der Waals surface area contributed by atoms with Crippen molar-refractivity contribution in [2.24, 2.45) is 5.92 Å². The summed E-state index contributed by atoms with van der Waals surface area (Å²) in [7, 11) is 1.98. The van der Waals surface area contributed by atoms with E-state index >= 15 is 0 Å². The predicted octanol–water partition coefficient (Wildman–Crippen LogP) is 1.99. The average molecular weight is 412 g/mol. The molecule has 1 aromatic heterocycles. The average Bonchev–Trinajstić information content (AvgIpc) is 2.74. The van der Waals surface area contributed by atoms with Gasteiger partial charge >= 0.3 is 0 Å². The van der Waals surface area contributed by atoms with E-state index < -0.39 is 0 Å². The molecule has 0 radical (unpaired) electrons. The van der Waals surface area contributed by atoms with Crippen LogP contribution in [0.1, 0.15) is 36.6 Å². The number of hydrogen-bond donors (Lipinski definition) is 2. The molecule has 2 aliphatic heterocycles. The zero-order valence-electron chi connectivity index (χ0n) is 18.1. The molecule has 0 bridgehead atoms. The summed E-state index contributed by atoms with van der Waals surface area (Å²) in [6.45, 7) is 7.38. The molecule has 0 aliphatic carbocycles. The van der Waals surface area contributed by atoms with E-state index in [2.05, 4.69) is 46.0 Å². The number of aromatic amines is 1. The third-order valence-corrected chi connectivity index (χ3v) is 6.32. The second-order valence-electron chi connectivity index (χ2n) is 8.78. The lowest BCUT2D eigenvalue weighted by atomic mass is 10.0.